The van der Waals surface area contributed by atoms with Gasteiger partial charge in [-0.25, -0.2) is 14.3 Å². The van der Waals surface area contributed by atoms with Crippen LogP contribution in [0.2, 0.25) is 0 Å². The summed E-state index contributed by atoms with van der Waals surface area (Å²) in [5.41, 5.74) is 0.996. The van der Waals surface area contributed by atoms with E-state index in [1.54, 1.807) is 31.5 Å². The molecule has 0 aromatic carbocycles. The average molecular weight is 191 g/mol. The Morgan fingerprint density at radius 1 is 1.57 bits per heavy atom. The van der Waals surface area contributed by atoms with Crippen molar-refractivity contribution in [1.82, 2.24) is 14.6 Å². The van der Waals surface area contributed by atoms with Crippen molar-refractivity contribution >= 4 is 11.6 Å². The minimum Gasteiger partial charge on any atom is -0.461 e. The zero-order valence-corrected chi connectivity index (χ0v) is 7.67. The summed E-state index contributed by atoms with van der Waals surface area (Å²) >= 11 is 0. The van der Waals surface area contributed by atoms with Crippen LogP contribution in [0.15, 0.2) is 24.5 Å². The van der Waals surface area contributed by atoms with Gasteiger partial charge in [0.1, 0.15) is 0 Å². The maximum atomic E-state index is 11.3. The molecular formula is C9H9N3O2. The summed E-state index contributed by atoms with van der Waals surface area (Å²) in [7, 11) is 0. The number of esters is 1. The molecule has 0 radical (unpaired) electrons. The van der Waals surface area contributed by atoms with Crippen LogP contribution in [-0.2, 0) is 4.74 Å². The van der Waals surface area contributed by atoms with Crippen molar-refractivity contribution < 1.29 is 9.53 Å². The summed E-state index contributed by atoms with van der Waals surface area (Å²) in [6.07, 6.45) is 3.30. The second kappa shape index (κ2) is 3.45. The van der Waals surface area contributed by atoms with Gasteiger partial charge in [-0.2, -0.15) is 5.10 Å². The summed E-state index contributed by atoms with van der Waals surface area (Å²) in [5, 5.41) is 4.03. The van der Waals surface area contributed by atoms with E-state index in [9.17, 15) is 4.79 Å². The van der Waals surface area contributed by atoms with Gasteiger partial charge in [0, 0.05) is 12.4 Å². The van der Waals surface area contributed by atoms with Crippen LogP contribution in [0.1, 0.15) is 17.4 Å². The Hall–Kier alpha value is -1.91. The van der Waals surface area contributed by atoms with E-state index in [0.29, 0.717) is 12.3 Å². The average Bonchev–Trinajstić information content (AvgIpc) is 2.64. The Labute approximate surface area is 80.3 Å². The third kappa shape index (κ3) is 1.44. The second-order valence-corrected chi connectivity index (χ2v) is 2.67. The van der Waals surface area contributed by atoms with Gasteiger partial charge >= 0.3 is 5.97 Å². The van der Waals surface area contributed by atoms with Crippen molar-refractivity contribution in [1.29, 1.82) is 0 Å². The molecular weight excluding hydrogens is 182 g/mol. The highest BCUT2D eigenvalue weighted by molar-refractivity contribution is 5.87. The van der Waals surface area contributed by atoms with Crippen molar-refractivity contribution in [3.05, 3.63) is 30.2 Å². The molecule has 0 amide bonds. The lowest BCUT2D eigenvalue weighted by Crippen LogP contribution is -2.09. The number of fused-ring (bicyclic) bond motifs is 1. The summed E-state index contributed by atoms with van der Waals surface area (Å²) < 4.78 is 6.35. The molecule has 0 atom stereocenters. The molecule has 2 aromatic rings. The number of carbonyl (C=O) groups is 1. The lowest BCUT2D eigenvalue weighted by Gasteiger charge is -2.00. The monoisotopic (exact) mass is 191 g/mol. The van der Waals surface area contributed by atoms with Gasteiger partial charge in [-0.05, 0) is 19.1 Å². The maximum absolute atomic E-state index is 11.3. The first kappa shape index (κ1) is 8.68. The molecule has 0 aliphatic carbocycles. The number of hydrogen-bond acceptors (Lipinski definition) is 4. The van der Waals surface area contributed by atoms with Gasteiger partial charge in [0.25, 0.3) is 0 Å². The minimum absolute atomic E-state index is 0.289. The Balaban J connectivity index is 2.38. The van der Waals surface area contributed by atoms with Crippen molar-refractivity contribution in [2.24, 2.45) is 0 Å². The van der Waals surface area contributed by atoms with Crippen LogP contribution in [0.4, 0.5) is 0 Å². The Kier molecular flexibility index (Phi) is 2.14. The van der Waals surface area contributed by atoms with Crippen LogP contribution in [0.3, 0.4) is 0 Å². The number of aromatic nitrogens is 3. The van der Waals surface area contributed by atoms with E-state index in [0.717, 1.165) is 0 Å². The van der Waals surface area contributed by atoms with E-state index in [4.69, 9.17) is 4.74 Å². The fourth-order valence-electron chi connectivity index (χ4n) is 1.13. The first-order chi connectivity index (χ1) is 6.81. The maximum Gasteiger partial charge on any atom is 0.358 e. The Morgan fingerprint density at radius 3 is 3.21 bits per heavy atom. The first-order valence-electron chi connectivity index (χ1n) is 4.29. The highest BCUT2D eigenvalue weighted by Crippen LogP contribution is 2.01. The number of hydrogen-bond donors (Lipinski definition) is 0. The Bertz CT molecular complexity index is 464. The molecule has 5 nitrogen and oxygen atoms in total. The fourth-order valence-corrected chi connectivity index (χ4v) is 1.13. The number of rotatable bonds is 2. The predicted molar refractivity (Wildman–Crippen MR) is 48.9 cm³/mol. The molecule has 72 valence electrons. The molecule has 0 aliphatic rings. The molecule has 2 heterocycles. The molecule has 2 rings (SSSR count). The molecule has 0 fully saturated rings. The van der Waals surface area contributed by atoms with Crippen molar-refractivity contribution in [2.45, 2.75) is 6.92 Å². The van der Waals surface area contributed by atoms with Crippen LogP contribution < -0.4 is 0 Å². The SMILES string of the molecule is CCOC(=O)c1ccc2nccn2n1. The van der Waals surface area contributed by atoms with E-state index in [1.807, 2.05) is 0 Å². The molecule has 0 spiro atoms. The zero-order chi connectivity index (χ0) is 9.97. The van der Waals surface area contributed by atoms with Gasteiger partial charge in [-0.1, -0.05) is 0 Å². The van der Waals surface area contributed by atoms with Crippen molar-refractivity contribution in [2.75, 3.05) is 6.61 Å². The van der Waals surface area contributed by atoms with Crippen LogP contribution in [-0.4, -0.2) is 27.2 Å². The quantitative estimate of drug-likeness (QED) is 0.662. The van der Waals surface area contributed by atoms with E-state index < -0.39 is 5.97 Å². The number of ether oxygens (including phenoxy) is 1. The zero-order valence-electron chi connectivity index (χ0n) is 7.67. The van der Waals surface area contributed by atoms with Gasteiger partial charge < -0.3 is 4.74 Å². The summed E-state index contributed by atoms with van der Waals surface area (Å²) in [5.74, 6) is -0.414. The molecule has 5 heteroatoms. The molecule has 0 unspecified atom stereocenters. The van der Waals surface area contributed by atoms with Crippen LogP contribution >= 0.6 is 0 Å². The summed E-state index contributed by atoms with van der Waals surface area (Å²) in [6, 6.07) is 3.32. The standard InChI is InChI=1S/C9H9N3O2/c1-2-14-9(13)7-3-4-8-10-5-6-12(8)11-7/h3-6H,2H2,1H3. The number of imidazole rings is 1. The van der Waals surface area contributed by atoms with Crippen molar-refractivity contribution in [3.63, 3.8) is 0 Å². The molecule has 0 N–H and O–H groups in total. The molecule has 0 saturated carbocycles. The smallest absolute Gasteiger partial charge is 0.358 e. The van der Waals surface area contributed by atoms with Gasteiger partial charge in [0.15, 0.2) is 11.3 Å². The largest absolute Gasteiger partial charge is 0.461 e. The van der Waals surface area contributed by atoms with Crippen LogP contribution in [0.25, 0.3) is 5.65 Å². The van der Waals surface area contributed by atoms with Crippen LogP contribution in [0, 0.1) is 0 Å². The lowest BCUT2D eigenvalue weighted by molar-refractivity contribution is 0.0517. The second-order valence-electron chi connectivity index (χ2n) is 2.67. The highest BCUT2D eigenvalue weighted by atomic mass is 16.5. The third-order valence-corrected chi connectivity index (χ3v) is 1.74. The predicted octanol–water partition coefficient (Wildman–Crippen LogP) is 0.906. The number of nitrogens with zero attached hydrogens (tertiary/aromatic N) is 3. The van der Waals surface area contributed by atoms with Gasteiger partial charge in [-0.15, -0.1) is 0 Å². The Morgan fingerprint density at radius 2 is 2.43 bits per heavy atom. The molecule has 14 heavy (non-hydrogen) atoms. The lowest BCUT2D eigenvalue weighted by atomic mass is 10.4. The van der Waals surface area contributed by atoms with E-state index in [1.165, 1.54) is 4.52 Å². The highest BCUT2D eigenvalue weighted by Gasteiger charge is 2.08. The van der Waals surface area contributed by atoms with E-state index >= 15 is 0 Å². The third-order valence-electron chi connectivity index (χ3n) is 1.74. The summed E-state index contributed by atoms with van der Waals surface area (Å²) in [6.45, 7) is 2.11. The van der Waals surface area contributed by atoms with E-state index in [-0.39, 0.29) is 5.69 Å². The number of carbonyl (C=O) groups excluding carboxylic acids is 1. The van der Waals surface area contributed by atoms with Gasteiger partial charge in [0.2, 0.25) is 0 Å². The minimum atomic E-state index is -0.414. The molecule has 2 aromatic heterocycles. The molecule has 0 aliphatic heterocycles. The summed E-state index contributed by atoms with van der Waals surface area (Å²) in [4.78, 5) is 15.3. The van der Waals surface area contributed by atoms with Crippen LogP contribution in [0.5, 0.6) is 0 Å². The van der Waals surface area contributed by atoms with Gasteiger partial charge in [0.05, 0.1) is 6.61 Å². The fraction of sp³-hybridized carbons (Fsp3) is 0.222. The van der Waals surface area contributed by atoms with E-state index in [2.05, 4.69) is 10.1 Å². The molecule has 0 saturated heterocycles. The molecule has 0 bridgehead atoms. The normalized spacial score (nSPS) is 10.4. The topological polar surface area (TPSA) is 56.5 Å². The van der Waals surface area contributed by atoms with Crippen molar-refractivity contribution in [3.8, 4) is 0 Å². The van der Waals surface area contributed by atoms with Gasteiger partial charge in [-0.3, -0.25) is 0 Å². The first-order valence-corrected chi connectivity index (χ1v) is 4.29.